The Bertz CT molecular complexity index is 780. The highest BCUT2D eigenvalue weighted by atomic mass is 19.1. The normalized spacial score (nSPS) is 11.3. The first-order valence-corrected chi connectivity index (χ1v) is 7.94. The predicted octanol–water partition coefficient (Wildman–Crippen LogP) is 1.46. The predicted molar refractivity (Wildman–Crippen MR) is 92.8 cm³/mol. The molecule has 0 aliphatic carbocycles. The van der Waals surface area contributed by atoms with Gasteiger partial charge in [-0.15, -0.1) is 0 Å². The van der Waals surface area contributed by atoms with Gasteiger partial charge in [-0.2, -0.15) is 0 Å². The van der Waals surface area contributed by atoms with E-state index in [0.717, 1.165) is 0 Å². The number of halogens is 1. The molecule has 1 atom stereocenters. The Kier molecular flexibility index (Phi) is 6.84. The zero-order valence-electron chi connectivity index (χ0n) is 14.2. The maximum atomic E-state index is 13.3. The van der Waals surface area contributed by atoms with E-state index in [-0.39, 0.29) is 13.0 Å². The Balaban J connectivity index is 1.93. The van der Waals surface area contributed by atoms with Crippen LogP contribution >= 0.6 is 0 Å². The second-order valence-electron chi connectivity index (χ2n) is 5.53. The fourth-order valence-electron chi connectivity index (χ4n) is 2.33. The van der Waals surface area contributed by atoms with Gasteiger partial charge in [0.2, 0.25) is 5.91 Å². The van der Waals surface area contributed by atoms with Gasteiger partial charge in [0.25, 0.3) is 5.91 Å². The summed E-state index contributed by atoms with van der Waals surface area (Å²) in [6, 6.07) is 13.2. The third kappa shape index (κ3) is 5.70. The smallest absolute Gasteiger partial charge is 0.328 e. The number of hydrogen-bond donors (Lipinski definition) is 2. The molecule has 0 saturated carbocycles. The largest absolute Gasteiger partial charge is 0.467 e. The van der Waals surface area contributed by atoms with Gasteiger partial charge in [0.1, 0.15) is 11.9 Å². The quantitative estimate of drug-likeness (QED) is 0.734. The molecule has 0 spiro atoms. The molecule has 0 aromatic heterocycles. The van der Waals surface area contributed by atoms with Crippen LogP contribution in [0.15, 0.2) is 54.6 Å². The molecule has 6 nitrogen and oxygen atoms in total. The number of esters is 1. The van der Waals surface area contributed by atoms with Crippen LogP contribution in [-0.2, 0) is 20.7 Å². The molecule has 7 heteroatoms. The van der Waals surface area contributed by atoms with Gasteiger partial charge in [0.15, 0.2) is 0 Å². The van der Waals surface area contributed by atoms with Gasteiger partial charge in [-0.25, -0.2) is 9.18 Å². The van der Waals surface area contributed by atoms with E-state index in [9.17, 15) is 18.8 Å². The minimum atomic E-state index is -0.983. The lowest BCUT2D eigenvalue weighted by atomic mass is 10.1. The van der Waals surface area contributed by atoms with Gasteiger partial charge in [-0.3, -0.25) is 9.59 Å². The number of carbonyl (C=O) groups is 3. The minimum Gasteiger partial charge on any atom is -0.467 e. The second-order valence-corrected chi connectivity index (χ2v) is 5.53. The molecule has 0 fully saturated rings. The summed E-state index contributed by atoms with van der Waals surface area (Å²) in [7, 11) is 1.20. The van der Waals surface area contributed by atoms with Crippen LogP contribution < -0.4 is 10.6 Å². The summed E-state index contributed by atoms with van der Waals surface area (Å²) in [5, 5.41) is 4.96. The number of rotatable bonds is 7. The summed E-state index contributed by atoms with van der Waals surface area (Å²) in [6.07, 6.45) is 0.0722. The highest BCUT2D eigenvalue weighted by molar-refractivity contribution is 5.96. The Morgan fingerprint density at radius 1 is 1.08 bits per heavy atom. The molecule has 0 saturated heterocycles. The molecule has 136 valence electrons. The monoisotopic (exact) mass is 358 g/mol. The van der Waals surface area contributed by atoms with E-state index in [1.54, 1.807) is 36.4 Å². The highest BCUT2D eigenvalue weighted by Gasteiger charge is 2.22. The number of nitrogens with one attached hydrogen (secondary N) is 2. The van der Waals surface area contributed by atoms with Crippen LogP contribution in [0.25, 0.3) is 0 Å². The molecule has 0 aliphatic rings. The Morgan fingerprint density at radius 2 is 1.81 bits per heavy atom. The van der Waals surface area contributed by atoms with E-state index in [1.807, 2.05) is 0 Å². The van der Waals surface area contributed by atoms with E-state index in [0.29, 0.717) is 11.1 Å². The van der Waals surface area contributed by atoms with Crippen molar-refractivity contribution in [2.45, 2.75) is 12.5 Å². The maximum Gasteiger partial charge on any atom is 0.328 e. The lowest BCUT2D eigenvalue weighted by Gasteiger charge is -2.17. The van der Waals surface area contributed by atoms with Crippen LogP contribution in [0, 0.1) is 5.82 Å². The first kappa shape index (κ1) is 19.1. The molecule has 0 aliphatic heterocycles. The van der Waals surface area contributed by atoms with Crippen molar-refractivity contribution in [1.82, 2.24) is 10.6 Å². The van der Waals surface area contributed by atoms with Crippen molar-refractivity contribution in [2.75, 3.05) is 13.7 Å². The van der Waals surface area contributed by atoms with Crippen molar-refractivity contribution in [2.24, 2.45) is 0 Å². The van der Waals surface area contributed by atoms with Crippen LogP contribution in [-0.4, -0.2) is 37.5 Å². The Hall–Kier alpha value is -3.22. The fraction of sp³-hybridized carbons (Fsp3) is 0.211. The third-order valence-electron chi connectivity index (χ3n) is 3.60. The first-order valence-electron chi connectivity index (χ1n) is 7.94. The summed E-state index contributed by atoms with van der Waals surface area (Å²) >= 11 is 0. The van der Waals surface area contributed by atoms with Crippen molar-refractivity contribution in [3.8, 4) is 0 Å². The van der Waals surface area contributed by atoms with E-state index in [2.05, 4.69) is 15.4 Å². The van der Waals surface area contributed by atoms with Crippen LogP contribution in [0.1, 0.15) is 15.9 Å². The molecule has 2 N–H and O–H groups in total. The first-order chi connectivity index (χ1) is 12.5. The van der Waals surface area contributed by atoms with Crippen molar-refractivity contribution in [3.05, 3.63) is 71.5 Å². The standard InChI is InChI=1S/C19H19FN2O4/c1-26-19(25)16(11-13-6-5-9-15(20)10-13)22-17(23)12-21-18(24)14-7-3-2-4-8-14/h2-10,16H,11-12H2,1H3,(H,21,24)(H,22,23)/t16-/m0/s1. The SMILES string of the molecule is COC(=O)[C@H](Cc1cccc(F)c1)NC(=O)CNC(=O)c1ccccc1. The Morgan fingerprint density at radius 3 is 2.46 bits per heavy atom. The summed E-state index contributed by atoms with van der Waals surface area (Å²) in [5.74, 6) is -2.05. The summed E-state index contributed by atoms with van der Waals surface area (Å²) in [6.45, 7) is -0.301. The van der Waals surface area contributed by atoms with Gasteiger partial charge in [0.05, 0.1) is 13.7 Å². The molecular formula is C19H19FN2O4. The van der Waals surface area contributed by atoms with Gasteiger partial charge in [0, 0.05) is 12.0 Å². The summed E-state index contributed by atoms with van der Waals surface area (Å²) in [5.41, 5.74) is 0.957. The topological polar surface area (TPSA) is 84.5 Å². The van der Waals surface area contributed by atoms with E-state index in [4.69, 9.17) is 0 Å². The van der Waals surface area contributed by atoms with E-state index < -0.39 is 29.6 Å². The fourth-order valence-corrected chi connectivity index (χ4v) is 2.33. The van der Waals surface area contributed by atoms with Crippen molar-refractivity contribution in [3.63, 3.8) is 0 Å². The molecule has 2 rings (SSSR count). The van der Waals surface area contributed by atoms with Gasteiger partial charge < -0.3 is 15.4 Å². The number of methoxy groups -OCH3 is 1. The second kappa shape index (κ2) is 9.31. The lowest BCUT2D eigenvalue weighted by Crippen LogP contribution is -2.47. The molecule has 0 radical (unpaired) electrons. The van der Waals surface area contributed by atoms with Crippen molar-refractivity contribution < 1.29 is 23.5 Å². The van der Waals surface area contributed by atoms with E-state index >= 15 is 0 Å². The van der Waals surface area contributed by atoms with Gasteiger partial charge in [-0.05, 0) is 29.8 Å². The zero-order chi connectivity index (χ0) is 18.9. The van der Waals surface area contributed by atoms with Crippen LogP contribution in [0.2, 0.25) is 0 Å². The van der Waals surface area contributed by atoms with E-state index in [1.165, 1.54) is 25.3 Å². The lowest BCUT2D eigenvalue weighted by molar-refractivity contribution is -0.144. The van der Waals surface area contributed by atoms with Crippen LogP contribution in [0.3, 0.4) is 0 Å². The van der Waals surface area contributed by atoms with Crippen molar-refractivity contribution in [1.29, 1.82) is 0 Å². The van der Waals surface area contributed by atoms with Gasteiger partial charge in [-0.1, -0.05) is 30.3 Å². The highest BCUT2D eigenvalue weighted by Crippen LogP contribution is 2.07. The molecule has 0 heterocycles. The van der Waals surface area contributed by atoms with Crippen molar-refractivity contribution >= 4 is 17.8 Å². The average Bonchev–Trinajstić information content (AvgIpc) is 2.65. The van der Waals surface area contributed by atoms with Gasteiger partial charge >= 0.3 is 5.97 Å². The maximum absolute atomic E-state index is 13.3. The molecule has 2 aromatic carbocycles. The number of hydrogen-bond acceptors (Lipinski definition) is 4. The summed E-state index contributed by atoms with van der Waals surface area (Å²) < 4.78 is 18.0. The minimum absolute atomic E-state index is 0.0722. The van der Waals surface area contributed by atoms with Crippen LogP contribution in [0.4, 0.5) is 4.39 Å². The number of carbonyl (C=O) groups excluding carboxylic acids is 3. The number of amides is 2. The zero-order valence-corrected chi connectivity index (χ0v) is 14.2. The molecule has 0 unspecified atom stereocenters. The molecule has 26 heavy (non-hydrogen) atoms. The van der Waals surface area contributed by atoms with Crippen LogP contribution in [0.5, 0.6) is 0 Å². The summed E-state index contributed by atoms with van der Waals surface area (Å²) in [4.78, 5) is 35.9. The molecule has 2 aromatic rings. The number of ether oxygens (including phenoxy) is 1. The molecule has 0 bridgehead atoms. The average molecular weight is 358 g/mol. The Labute approximate surface area is 150 Å². The third-order valence-corrected chi connectivity index (χ3v) is 3.60. The number of benzene rings is 2. The molecular weight excluding hydrogens is 339 g/mol. The molecule has 2 amide bonds.